The predicted molar refractivity (Wildman–Crippen MR) is 94.8 cm³/mol. The molecule has 1 amide bonds. The molecule has 4 nitrogen and oxygen atoms in total. The highest BCUT2D eigenvalue weighted by atomic mass is 16.1. The molecule has 2 aromatic rings. The Bertz CT molecular complexity index is 691. The number of amides is 1. The maximum Gasteiger partial charge on any atom is 0.264 e. The second-order valence-electron chi connectivity index (χ2n) is 5.72. The Morgan fingerprint density at radius 3 is 1.92 bits per heavy atom. The van der Waals surface area contributed by atoms with Crippen molar-refractivity contribution in [3.05, 3.63) is 83.6 Å². The fourth-order valence-electron chi connectivity index (χ4n) is 2.26. The Labute approximate surface area is 142 Å². The van der Waals surface area contributed by atoms with E-state index < -0.39 is 5.91 Å². The van der Waals surface area contributed by atoms with Crippen molar-refractivity contribution < 1.29 is 4.79 Å². The molecule has 24 heavy (non-hydrogen) atoms. The molecule has 0 spiro atoms. The summed E-state index contributed by atoms with van der Waals surface area (Å²) in [5, 5.41) is 15.2. The van der Waals surface area contributed by atoms with Crippen LogP contribution in [0.2, 0.25) is 0 Å². The molecule has 0 bridgehead atoms. The summed E-state index contributed by atoms with van der Waals surface area (Å²) in [6, 6.07) is 21.2. The molecule has 122 valence electrons. The van der Waals surface area contributed by atoms with Crippen molar-refractivity contribution in [2.45, 2.75) is 25.9 Å². The van der Waals surface area contributed by atoms with Crippen LogP contribution in [0, 0.1) is 11.3 Å². The average Bonchev–Trinajstić information content (AvgIpc) is 2.61. The molecule has 2 aromatic carbocycles. The number of nitriles is 1. The van der Waals surface area contributed by atoms with Crippen molar-refractivity contribution in [2.24, 2.45) is 0 Å². The fraction of sp³-hybridized carbons (Fsp3) is 0.200. The van der Waals surface area contributed by atoms with E-state index in [0.717, 1.165) is 11.1 Å². The minimum absolute atomic E-state index is 0.0561. The van der Waals surface area contributed by atoms with Crippen LogP contribution in [-0.4, -0.2) is 11.9 Å². The summed E-state index contributed by atoms with van der Waals surface area (Å²) >= 11 is 0. The van der Waals surface area contributed by atoms with Gasteiger partial charge in [-0.05, 0) is 25.0 Å². The number of nitrogens with one attached hydrogen (secondary N) is 2. The smallest absolute Gasteiger partial charge is 0.264 e. The van der Waals surface area contributed by atoms with Crippen LogP contribution in [-0.2, 0) is 4.79 Å². The second-order valence-corrected chi connectivity index (χ2v) is 5.72. The predicted octanol–water partition coefficient (Wildman–Crippen LogP) is 3.30. The lowest BCUT2D eigenvalue weighted by Crippen LogP contribution is -2.31. The van der Waals surface area contributed by atoms with Crippen LogP contribution >= 0.6 is 0 Å². The number of hydrogen-bond acceptors (Lipinski definition) is 3. The van der Waals surface area contributed by atoms with Gasteiger partial charge in [0, 0.05) is 12.2 Å². The molecule has 0 radical (unpaired) electrons. The summed E-state index contributed by atoms with van der Waals surface area (Å²) in [4.78, 5) is 12.5. The summed E-state index contributed by atoms with van der Waals surface area (Å²) in [5.41, 5.74) is 1.98. The van der Waals surface area contributed by atoms with Crippen molar-refractivity contribution >= 4 is 5.91 Å². The van der Waals surface area contributed by atoms with Crippen LogP contribution in [0.15, 0.2) is 72.4 Å². The number of rotatable bonds is 6. The van der Waals surface area contributed by atoms with Crippen molar-refractivity contribution in [2.75, 3.05) is 0 Å². The van der Waals surface area contributed by atoms with Gasteiger partial charge in [-0.1, -0.05) is 60.7 Å². The van der Waals surface area contributed by atoms with E-state index in [1.165, 1.54) is 6.20 Å². The summed E-state index contributed by atoms with van der Waals surface area (Å²) in [5.74, 6) is -0.400. The third-order valence-corrected chi connectivity index (χ3v) is 3.47. The van der Waals surface area contributed by atoms with Gasteiger partial charge in [-0.3, -0.25) is 4.79 Å². The van der Waals surface area contributed by atoms with E-state index >= 15 is 0 Å². The number of carbonyl (C=O) groups excluding carboxylic acids is 1. The molecule has 4 heteroatoms. The minimum atomic E-state index is -0.400. The van der Waals surface area contributed by atoms with Gasteiger partial charge in [0.2, 0.25) is 0 Å². The third kappa shape index (κ3) is 4.72. The molecule has 0 aromatic heterocycles. The van der Waals surface area contributed by atoms with Gasteiger partial charge in [0.1, 0.15) is 11.6 Å². The molecular weight excluding hydrogens is 298 g/mol. The molecule has 2 N–H and O–H groups in total. The minimum Gasteiger partial charge on any atom is -0.387 e. The summed E-state index contributed by atoms with van der Waals surface area (Å²) in [6.45, 7) is 3.89. The maximum absolute atomic E-state index is 12.5. The molecule has 0 saturated heterocycles. The zero-order valence-electron chi connectivity index (χ0n) is 13.9. The zero-order chi connectivity index (χ0) is 17.4. The van der Waals surface area contributed by atoms with Gasteiger partial charge in [0.15, 0.2) is 0 Å². The van der Waals surface area contributed by atoms with Crippen LogP contribution in [0.1, 0.15) is 31.0 Å². The molecule has 2 rings (SSSR count). The van der Waals surface area contributed by atoms with Crippen molar-refractivity contribution in [1.29, 1.82) is 5.26 Å². The quantitative estimate of drug-likeness (QED) is 0.634. The Hall–Kier alpha value is -3.06. The second kappa shape index (κ2) is 8.54. The first-order valence-electron chi connectivity index (χ1n) is 7.89. The van der Waals surface area contributed by atoms with E-state index in [9.17, 15) is 10.1 Å². The summed E-state index contributed by atoms with van der Waals surface area (Å²) in [6.07, 6.45) is 1.47. The third-order valence-electron chi connectivity index (χ3n) is 3.47. The summed E-state index contributed by atoms with van der Waals surface area (Å²) < 4.78 is 0. The molecule has 0 aliphatic rings. The van der Waals surface area contributed by atoms with E-state index in [0.29, 0.717) is 0 Å². The van der Waals surface area contributed by atoms with Crippen molar-refractivity contribution in [3.63, 3.8) is 0 Å². The Balaban J connectivity index is 2.28. The van der Waals surface area contributed by atoms with Crippen molar-refractivity contribution in [1.82, 2.24) is 10.6 Å². The molecule has 0 aliphatic carbocycles. The lowest BCUT2D eigenvalue weighted by atomic mass is 9.98. The highest BCUT2D eigenvalue weighted by Gasteiger charge is 2.19. The van der Waals surface area contributed by atoms with Crippen molar-refractivity contribution in [3.8, 4) is 6.07 Å². The average molecular weight is 319 g/mol. The van der Waals surface area contributed by atoms with E-state index in [1.807, 2.05) is 80.6 Å². The number of nitrogens with zero attached hydrogens (tertiary/aromatic N) is 1. The van der Waals surface area contributed by atoms with Crippen LogP contribution in [0.3, 0.4) is 0 Å². The Kier molecular flexibility index (Phi) is 6.16. The van der Waals surface area contributed by atoms with Crippen LogP contribution < -0.4 is 10.6 Å². The topological polar surface area (TPSA) is 64.9 Å². The first-order chi connectivity index (χ1) is 11.6. The molecule has 0 saturated carbocycles. The first kappa shape index (κ1) is 17.3. The van der Waals surface area contributed by atoms with Gasteiger partial charge in [0.05, 0.1) is 6.04 Å². The normalized spacial score (nSPS) is 11.2. The van der Waals surface area contributed by atoms with Gasteiger partial charge < -0.3 is 10.6 Å². The Morgan fingerprint density at radius 2 is 1.50 bits per heavy atom. The lowest BCUT2D eigenvalue weighted by Gasteiger charge is -2.19. The largest absolute Gasteiger partial charge is 0.387 e. The standard InChI is InChI=1S/C20H21N3O/c1-15(2)22-14-18(13-21)20(24)23-19(16-9-5-3-6-10-16)17-11-7-4-8-12-17/h3-12,14-15,19,22H,1-2H3,(H,23,24)/b18-14-. The molecule has 0 unspecified atom stereocenters. The monoisotopic (exact) mass is 319 g/mol. The van der Waals surface area contributed by atoms with Crippen LogP contribution in [0.4, 0.5) is 0 Å². The fourth-order valence-corrected chi connectivity index (χ4v) is 2.26. The van der Waals surface area contributed by atoms with Gasteiger partial charge in [-0.2, -0.15) is 5.26 Å². The van der Waals surface area contributed by atoms with Crippen LogP contribution in [0.5, 0.6) is 0 Å². The van der Waals surface area contributed by atoms with Gasteiger partial charge in [-0.25, -0.2) is 0 Å². The SMILES string of the molecule is CC(C)N/C=C(/C#N)C(=O)NC(c1ccccc1)c1ccccc1. The van der Waals surface area contributed by atoms with Gasteiger partial charge in [-0.15, -0.1) is 0 Å². The van der Waals surface area contributed by atoms with E-state index in [4.69, 9.17) is 0 Å². The van der Waals surface area contributed by atoms with Gasteiger partial charge in [0.25, 0.3) is 5.91 Å². The number of carbonyl (C=O) groups is 1. The van der Waals surface area contributed by atoms with E-state index in [-0.39, 0.29) is 17.7 Å². The highest BCUT2D eigenvalue weighted by molar-refractivity contribution is 5.97. The molecular formula is C20H21N3O. The molecule has 0 aliphatic heterocycles. The number of benzene rings is 2. The highest BCUT2D eigenvalue weighted by Crippen LogP contribution is 2.22. The molecule has 0 heterocycles. The Morgan fingerprint density at radius 1 is 1.00 bits per heavy atom. The number of hydrogen-bond donors (Lipinski definition) is 2. The first-order valence-corrected chi connectivity index (χ1v) is 7.89. The summed E-state index contributed by atoms with van der Waals surface area (Å²) in [7, 11) is 0. The maximum atomic E-state index is 12.5. The molecule has 0 fully saturated rings. The van der Waals surface area contributed by atoms with Gasteiger partial charge >= 0.3 is 0 Å². The zero-order valence-corrected chi connectivity index (χ0v) is 13.9. The lowest BCUT2D eigenvalue weighted by molar-refractivity contribution is -0.117. The van der Waals surface area contributed by atoms with E-state index in [2.05, 4.69) is 10.6 Å². The van der Waals surface area contributed by atoms with E-state index in [1.54, 1.807) is 0 Å². The van der Waals surface area contributed by atoms with Crippen LogP contribution in [0.25, 0.3) is 0 Å². The molecule has 0 atom stereocenters.